The van der Waals surface area contributed by atoms with Crippen LogP contribution in [0.25, 0.3) is 11.3 Å². The van der Waals surface area contributed by atoms with Gasteiger partial charge in [-0.1, -0.05) is 30.3 Å². The van der Waals surface area contributed by atoms with E-state index in [0.717, 1.165) is 16.9 Å². The topological polar surface area (TPSA) is 72.3 Å². The van der Waals surface area contributed by atoms with Gasteiger partial charge in [-0.2, -0.15) is 0 Å². The molecule has 3 rings (SSSR count). The number of carbonyl (C=O) groups is 1. The van der Waals surface area contributed by atoms with Crippen molar-refractivity contribution in [3.05, 3.63) is 78.2 Å². The van der Waals surface area contributed by atoms with Crippen LogP contribution in [0.1, 0.15) is 11.4 Å². The molecule has 1 aromatic heterocycles. The minimum atomic E-state index is -0.947. The van der Waals surface area contributed by atoms with Crippen LogP contribution in [0.3, 0.4) is 0 Å². The molecule has 0 aliphatic heterocycles. The smallest absolute Gasteiger partial charge is 0.311 e. The van der Waals surface area contributed by atoms with Crippen LogP contribution >= 0.6 is 0 Å². The fourth-order valence-corrected chi connectivity index (χ4v) is 2.24. The molecule has 120 valence electrons. The van der Waals surface area contributed by atoms with Gasteiger partial charge in [-0.15, -0.1) is 0 Å². The SMILES string of the molecule is O=C(O)Cc1nccc(-c2ccc(OCc3ccccc3)cc2)n1. The fraction of sp³-hybridized carbons (Fsp3) is 0.105. The molecule has 0 spiro atoms. The molecule has 1 N–H and O–H groups in total. The van der Waals surface area contributed by atoms with Gasteiger partial charge < -0.3 is 9.84 Å². The lowest BCUT2D eigenvalue weighted by Crippen LogP contribution is -2.05. The molecule has 0 fully saturated rings. The summed E-state index contributed by atoms with van der Waals surface area (Å²) in [5.74, 6) is 0.114. The van der Waals surface area contributed by atoms with Gasteiger partial charge in [-0.25, -0.2) is 9.97 Å². The molecule has 0 bridgehead atoms. The van der Waals surface area contributed by atoms with Crippen molar-refractivity contribution in [2.45, 2.75) is 13.0 Å². The van der Waals surface area contributed by atoms with Gasteiger partial charge in [-0.3, -0.25) is 4.79 Å². The highest BCUT2D eigenvalue weighted by Gasteiger charge is 2.06. The number of nitrogens with zero attached hydrogens (tertiary/aromatic N) is 2. The average Bonchev–Trinajstić information content (AvgIpc) is 2.61. The summed E-state index contributed by atoms with van der Waals surface area (Å²) in [5, 5.41) is 8.82. The van der Waals surface area contributed by atoms with Gasteiger partial charge in [0.1, 0.15) is 24.6 Å². The summed E-state index contributed by atoms with van der Waals surface area (Å²) >= 11 is 0. The lowest BCUT2D eigenvalue weighted by atomic mass is 10.1. The van der Waals surface area contributed by atoms with E-state index in [-0.39, 0.29) is 6.42 Å². The summed E-state index contributed by atoms with van der Waals surface area (Å²) in [7, 11) is 0. The third-order valence-electron chi connectivity index (χ3n) is 3.41. The third-order valence-corrected chi connectivity index (χ3v) is 3.41. The molecule has 0 aliphatic carbocycles. The maximum absolute atomic E-state index is 10.8. The highest BCUT2D eigenvalue weighted by atomic mass is 16.5. The van der Waals surface area contributed by atoms with Crippen LogP contribution < -0.4 is 4.74 Å². The Bertz CT molecular complexity index is 818. The summed E-state index contributed by atoms with van der Waals surface area (Å²) in [6.07, 6.45) is 1.38. The van der Waals surface area contributed by atoms with E-state index in [4.69, 9.17) is 9.84 Å². The lowest BCUT2D eigenvalue weighted by Gasteiger charge is -2.07. The van der Waals surface area contributed by atoms with E-state index in [0.29, 0.717) is 18.1 Å². The number of rotatable bonds is 6. The Labute approximate surface area is 139 Å². The van der Waals surface area contributed by atoms with Crippen LogP contribution in [0.15, 0.2) is 66.9 Å². The van der Waals surface area contributed by atoms with Gasteiger partial charge in [-0.05, 0) is 35.9 Å². The normalized spacial score (nSPS) is 10.3. The fourth-order valence-electron chi connectivity index (χ4n) is 2.24. The maximum atomic E-state index is 10.8. The highest BCUT2D eigenvalue weighted by Crippen LogP contribution is 2.21. The molecule has 0 unspecified atom stereocenters. The monoisotopic (exact) mass is 320 g/mol. The van der Waals surface area contributed by atoms with Gasteiger partial charge in [0.2, 0.25) is 0 Å². The Morgan fingerprint density at radius 2 is 1.75 bits per heavy atom. The molecule has 0 radical (unpaired) electrons. The summed E-state index contributed by atoms with van der Waals surface area (Å²) in [4.78, 5) is 19.0. The van der Waals surface area contributed by atoms with E-state index in [1.165, 1.54) is 0 Å². The zero-order valence-corrected chi connectivity index (χ0v) is 12.9. The zero-order valence-electron chi connectivity index (χ0n) is 12.9. The number of benzene rings is 2. The van der Waals surface area contributed by atoms with Crippen molar-refractivity contribution in [3.8, 4) is 17.0 Å². The number of hydrogen-bond donors (Lipinski definition) is 1. The standard InChI is InChI=1S/C19H16N2O3/c22-19(23)12-18-20-11-10-17(21-18)15-6-8-16(9-7-15)24-13-14-4-2-1-3-5-14/h1-11H,12-13H2,(H,22,23). The second-order valence-corrected chi connectivity index (χ2v) is 5.23. The Balaban J connectivity index is 1.69. The van der Waals surface area contributed by atoms with Crippen molar-refractivity contribution in [2.75, 3.05) is 0 Å². The number of aromatic nitrogens is 2. The Morgan fingerprint density at radius 1 is 1.00 bits per heavy atom. The summed E-state index contributed by atoms with van der Waals surface area (Å²) in [6, 6.07) is 19.2. The molecule has 5 nitrogen and oxygen atoms in total. The first-order valence-electron chi connectivity index (χ1n) is 7.51. The van der Waals surface area contributed by atoms with Gasteiger partial charge in [0.25, 0.3) is 0 Å². The van der Waals surface area contributed by atoms with E-state index < -0.39 is 5.97 Å². The van der Waals surface area contributed by atoms with Crippen molar-refractivity contribution in [1.29, 1.82) is 0 Å². The number of hydrogen-bond acceptors (Lipinski definition) is 4. The van der Waals surface area contributed by atoms with Crippen molar-refractivity contribution < 1.29 is 14.6 Å². The molecule has 0 atom stereocenters. The van der Waals surface area contributed by atoms with Crippen molar-refractivity contribution >= 4 is 5.97 Å². The predicted octanol–water partition coefficient (Wildman–Crippen LogP) is 3.35. The van der Waals surface area contributed by atoms with Gasteiger partial charge in [0.05, 0.1) is 5.69 Å². The minimum absolute atomic E-state index is 0.188. The number of aliphatic carboxylic acids is 1. The van der Waals surface area contributed by atoms with Crippen molar-refractivity contribution in [1.82, 2.24) is 9.97 Å². The average molecular weight is 320 g/mol. The largest absolute Gasteiger partial charge is 0.489 e. The van der Waals surface area contributed by atoms with E-state index in [2.05, 4.69) is 9.97 Å². The molecule has 0 amide bonds. The Kier molecular flexibility index (Phi) is 4.81. The van der Waals surface area contributed by atoms with Crippen molar-refractivity contribution in [2.24, 2.45) is 0 Å². The van der Waals surface area contributed by atoms with E-state index in [1.807, 2.05) is 54.6 Å². The zero-order chi connectivity index (χ0) is 16.8. The molecule has 2 aromatic carbocycles. The summed E-state index contributed by atoms with van der Waals surface area (Å²) in [5.41, 5.74) is 2.68. The van der Waals surface area contributed by atoms with Crippen LogP contribution in [0.4, 0.5) is 0 Å². The molecule has 24 heavy (non-hydrogen) atoms. The molecule has 0 saturated carbocycles. The van der Waals surface area contributed by atoms with Crippen LogP contribution in [0.5, 0.6) is 5.75 Å². The molecule has 0 aliphatic rings. The van der Waals surface area contributed by atoms with Crippen LogP contribution in [-0.2, 0) is 17.8 Å². The van der Waals surface area contributed by atoms with Gasteiger partial charge in [0, 0.05) is 11.8 Å². The third kappa shape index (κ3) is 4.16. The molecular weight excluding hydrogens is 304 g/mol. The van der Waals surface area contributed by atoms with Crippen LogP contribution in [0, 0.1) is 0 Å². The summed E-state index contributed by atoms with van der Waals surface area (Å²) in [6.45, 7) is 0.510. The van der Waals surface area contributed by atoms with E-state index >= 15 is 0 Å². The van der Waals surface area contributed by atoms with Gasteiger partial charge >= 0.3 is 5.97 Å². The number of ether oxygens (including phenoxy) is 1. The second kappa shape index (κ2) is 7.37. The minimum Gasteiger partial charge on any atom is -0.489 e. The lowest BCUT2D eigenvalue weighted by molar-refractivity contribution is -0.136. The van der Waals surface area contributed by atoms with Crippen molar-refractivity contribution in [3.63, 3.8) is 0 Å². The summed E-state index contributed by atoms with van der Waals surface area (Å²) < 4.78 is 5.75. The molecule has 3 aromatic rings. The molecule has 1 heterocycles. The Hall–Kier alpha value is -3.21. The molecular formula is C19H16N2O3. The van der Waals surface area contributed by atoms with Crippen LogP contribution in [-0.4, -0.2) is 21.0 Å². The van der Waals surface area contributed by atoms with E-state index in [9.17, 15) is 4.79 Å². The molecule has 0 saturated heterocycles. The molecule has 5 heteroatoms. The number of carboxylic acids is 1. The van der Waals surface area contributed by atoms with Crippen LogP contribution in [0.2, 0.25) is 0 Å². The number of carboxylic acid groups (broad SMARTS) is 1. The quantitative estimate of drug-likeness (QED) is 0.754. The van der Waals surface area contributed by atoms with Gasteiger partial charge in [0.15, 0.2) is 0 Å². The maximum Gasteiger partial charge on any atom is 0.311 e. The second-order valence-electron chi connectivity index (χ2n) is 5.23. The Morgan fingerprint density at radius 3 is 2.46 bits per heavy atom. The first kappa shape index (κ1) is 15.7. The predicted molar refractivity (Wildman–Crippen MR) is 89.6 cm³/mol. The first-order valence-corrected chi connectivity index (χ1v) is 7.51. The first-order chi connectivity index (χ1) is 11.7. The highest BCUT2D eigenvalue weighted by molar-refractivity contribution is 5.69. The van der Waals surface area contributed by atoms with E-state index in [1.54, 1.807) is 12.3 Å².